The minimum Gasteiger partial charge on any atom is -0.756 e. The number of rotatable bonds is 43. The number of hydrogen-bond acceptors (Lipinski definition) is 7. The minimum atomic E-state index is -4.54. The molecule has 8 nitrogen and oxygen atoms in total. The third-order valence-corrected chi connectivity index (χ3v) is 10.8. The molecule has 0 radical (unpaired) electrons. The predicted molar refractivity (Wildman–Crippen MR) is 245 cm³/mol. The summed E-state index contributed by atoms with van der Waals surface area (Å²) in [7, 11) is 1.33. The number of unbranched alkanes of at least 4 members (excludes halogenated alkanes) is 19. The molecule has 0 saturated heterocycles. The van der Waals surface area contributed by atoms with E-state index in [2.05, 4.69) is 74.6 Å². The molecule has 0 saturated carbocycles. The number of quaternary nitrogens is 1. The van der Waals surface area contributed by atoms with Crippen LogP contribution in [0.4, 0.5) is 0 Å². The fourth-order valence-corrected chi connectivity index (χ4v) is 6.91. The van der Waals surface area contributed by atoms with Gasteiger partial charge in [0.25, 0.3) is 7.82 Å². The number of likely N-dealkylation sites (N-methyl/N-ethyl adjacent to an activating group) is 1. The lowest BCUT2D eigenvalue weighted by molar-refractivity contribution is -0.870. The molecular weight excluding hydrogens is 746 g/mol. The second kappa shape index (κ2) is 41.9. The van der Waals surface area contributed by atoms with E-state index in [4.69, 9.17) is 18.5 Å². The van der Waals surface area contributed by atoms with E-state index in [1.807, 2.05) is 21.1 Å². The minimum absolute atomic E-state index is 0.0181. The van der Waals surface area contributed by atoms with Crippen LogP contribution in [0.15, 0.2) is 60.8 Å². The number of nitrogens with zero attached hydrogens (tertiary/aromatic N) is 1. The van der Waals surface area contributed by atoms with Gasteiger partial charge in [-0.1, -0.05) is 164 Å². The van der Waals surface area contributed by atoms with E-state index in [-0.39, 0.29) is 32.2 Å². The second-order valence-corrected chi connectivity index (χ2v) is 18.1. The molecule has 0 spiro atoms. The van der Waals surface area contributed by atoms with Crippen molar-refractivity contribution < 1.29 is 37.3 Å². The van der Waals surface area contributed by atoms with Crippen molar-refractivity contribution in [2.24, 2.45) is 0 Å². The number of ether oxygens (including phenoxy) is 2. The molecule has 2 atom stereocenters. The molecule has 338 valence electrons. The summed E-state index contributed by atoms with van der Waals surface area (Å²) in [5.41, 5.74) is 0. The Hall–Kier alpha value is -1.80. The van der Waals surface area contributed by atoms with Crippen molar-refractivity contribution >= 4 is 13.8 Å². The first-order chi connectivity index (χ1) is 28.1. The lowest BCUT2D eigenvalue weighted by Crippen LogP contribution is -2.37. The molecule has 0 aromatic heterocycles. The molecule has 0 aromatic rings. The molecule has 0 aliphatic rings. The maximum atomic E-state index is 12.7. The summed E-state index contributed by atoms with van der Waals surface area (Å²) < 4.78 is 34.6. The normalized spacial score (nSPS) is 14.2. The van der Waals surface area contributed by atoms with Crippen molar-refractivity contribution in [1.29, 1.82) is 0 Å². The molecule has 0 aromatic carbocycles. The van der Waals surface area contributed by atoms with E-state index in [9.17, 15) is 14.3 Å². The number of esters is 1. The summed E-state index contributed by atoms with van der Waals surface area (Å²) in [4.78, 5) is 25.1. The first-order valence-corrected chi connectivity index (χ1v) is 25.0. The smallest absolute Gasteiger partial charge is 0.306 e. The largest absolute Gasteiger partial charge is 0.756 e. The van der Waals surface area contributed by atoms with Crippen LogP contribution in [0.3, 0.4) is 0 Å². The average molecular weight is 836 g/mol. The summed E-state index contributed by atoms with van der Waals surface area (Å²) in [6.07, 6.45) is 52.4. The topological polar surface area (TPSA) is 94.1 Å². The zero-order valence-corrected chi connectivity index (χ0v) is 39.1. The first-order valence-electron chi connectivity index (χ1n) is 23.5. The van der Waals surface area contributed by atoms with Gasteiger partial charge in [0.05, 0.1) is 34.4 Å². The molecule has 0 heterocycles. The zero-order chi connectivity index (χ0) is 42.7. The van der Waals surface area contributed by atoms with E-state index in [1.54, 1.807) is 0 Å². The quantitative estimate of drug-likeness (QED) is 0.0198. The maximum Gasteiger partial charge on any atom is 0.306 e. The Labute approximate surface area is 358 Å². The van der Waals surface area contributed by atoms with Crippen molar-refractivity contribution in [3.05, 3.63) is 60.8 Å². The van der Waals surface area contributed by atoms with E-state index < -0.39 is 13.9 Å². The van der Waals surface area contributed by atoms with Crippen LogP contribution in [-0.4, -0.2) is 70.7 Å². The lowest BCUT2D eigenvalue weighted by Gasteiger charge is -2.28. The summed E-state index contributed by atoms with van der Waals surface area (Å²) in [5, 5.41) is 0. The molecular formula is C49H90NO7P. The van der Waals surface area contributed by atoms with Crippen LogP contribution in [0.25, 0.3) is 0 Å². The molecule has 0 aliphatic heterocycles. The highest BCUT2D eigenvalue weighted by Crippen LogP contribution is 2.38. The molecule has 0 rings (SSSR count). The van der Waals surface area contributed by atoms with Crippen molar-refractivity contribution in [3.63, 3.8) is 0 Å². The molecule has 0 bridgehead atoms. The van der Waals surface area contributed by atoms with Gasteiger partial charge in [-0.3, -0.25) is 9.36 Å². The number of carbonyl (C=O) groups is 1. The standard InChI is InChI=1S/C49H90NO7P/c1-6-8-10-12-14-16-18-20-22-24-25-27-29-31-33-35-37-39-41-44-54-46-48(47-56-58(52,53)55-45-43-50(3,4)5)57-49(51)42-40-38-36-34-32-30-28-26-23-21-19-17-15-13-11-9-7-2/h9,11,15,17,21-24,28,30,48H,6-8,10,12-14,16,18-20,25-27,29,31-47H2,1-5H3/b11-9-,17-15-,23-21-,24-22-,30-28-. The van der Waals surface area contributed by atoms with Crippen molar-refractivity contribution in [2.45, 2.75) is 193 Å². The number of phosphoric ester groups is 1. The predicted octanol–water partition coefficient (Wildman–Crippen LogP) is 13.5. The summed E-state index contributed by atoms with van der Waals surface area (Å²) in [5.74, 6) is -0.359. The monoisotopic (exact) mass is 836 g/mol. The van der Waals surface area contributed by atoms with Crippen LogP contribution in [0.5, 0.6) is 0 Å². The van der Waals surface area contributed by atoms with Crippen LogP contribution in [-0.2, 0) is 27.9 Å². The molecule has 0 amide bonds. The van der Waals surface area contributed by atoms with Gasteiger partial charge in [-0.25, -0.2) is 0 Å². The van der Waals surface area contributed by atoms with Crippen LogP contribution < -0.4 is 4.89 Å². The van der Waals surface area contributed by atoms with Crippen molar-refractivity contribution in [3.8, 4) is 0 Å². The van der Waals surface area contributed by atoms with E-state index in [0.717, 1.165) is 70.6 Å². The Kier molecular flexibility index (Phi) is 40.6. The zero-order valence-electron chi connectivity index (χ0n) is 38.2. The molecule has 9 heteroatoms. The average Bonchev–Trinajstić information content (AvgIpc) is 3.18. The Bertz CT molecular complexity index is 1110. The van der Waals surface area contributed by atoms with Gasteiger partial charge in [-0.2, -0.15) is 0 Å². The Balaban J connectivity index is 4.25. The van der Waals surface area contributed by atoms with Crippen LogP contribution in [0.1, 0.15) is 187 Å². The van der Waals surface area contributed by atoms with Crippen LogP contribution in [0.2, 0.25) is 0 Å². The van der Waals surface area contributed by atoms with Gasteiger partial charge >= 0.3 is 5.97 Å². The third-order valence-electron chi connectivity index (χ3n) is 9.80. The number of phosphoric acid groups is 1. The fourth-order valence-electron chi connectivity index (χ4n) is 6.18. The van der Waals surface area contributed by atoms with Crippen LogP contribution in [0, 0.1) is 0 Å². The summed E-state index contributed by atoms with van der Waals surface area (Å²) in [6, 6.07) is 0. The maximum absolute atomic E-state index is 12.7. The van der Waals surface area contributed by atoms with Gasteiger partial charge in [0.2, 0.25) is 0 Å². The lowest BCUT2D eigenvalue weighted by atomic mass is 10.1. The van der Waals surface area contributed by atoms with Gasteiger partial charge < -0.3 is 27.9 Å². The Morgan fingerprint density at radius 2 is 1.00 bits per heavy atom. The Morgan fingerprint density at radius 3 is 1.52 bits per heavy atom. The second-order valence-electron chi connectivity index (χ2n) is 16.7. The van der Waals surface area contributed by atoms with Gasteiger partial charge in [-0.15, -0.1) is 0 Å². The van der Waals surface area contributed by atoms with E-state index in [0.29, 0.717) is 17.6 Å². The van der Waals surface area contributed by atoms with E-state index >= 15 is 0 Å². The van der Waals surface area contributed by atoms with Crippen molar-refractivity contribution in [1.82, 2.24) is 0 Å². The highest BCUT2D eigenvalue weighted by Gasteiger charge is 2.20. The first kappa shape index (κ1) is 56.2. The molecule has 58 heavy (non-hydrogen) atoms. The SMILES string of the molecule is CC/C=C\C/C=C\C/C=C\C/C=C\CCCCCCC(=O)OC(COCCCCCCCCCC/C=C\CCCCCCCCC)COP(=O)([O-])OCC[N+](C)(C)C. The highest BCUT2D eigenvalue weighted by atomic mass is 31.2. The van der Waals surface area contributed by atoms with Gasteiger partial charge in [0.1, 0.15) is 19.3 Å². The third kappa shape index (κ3) is 45.3. The van der Waals surface area contributed by atoms with E-state index in [1.165, 1.54) is 96.3 Å². The number of allylic oxidation sites excluding steroid dienone is 10. The van der Waals surface area contributed by atoms with Gasteiger partial charge in [-0.05, 0) is 77.0 Å². The summed E-state index contributed by atoms with van der Waals surface area (Å²) >= 11 is 0. The summed E-state index contributed by atoms with van der Waals surface area (Å²) in [6.45, 7) is 5.26. The van der Waals surface area contributed by atoms with Crippen molar-refractivity contribution in [2.75, 3.05) is 54.1 Å². The molecule has 0 N–H and O–H groups in total. The molecule has 0 fully saturated rings. The molecule has 0 aliphatic carbocycles. The van der Waals surface area contributed by atoms with Gasteiger partial charge in [0.15, 0.2) is 0 Å². The number of carbonyl (C=O) groups excluding carboxylic acids is 1. The Morgan fingerprint density at radius 1 is 0.552 bits per heavy atom. The fraction of sp³-hybridized carbons (Fsp3) is 0.776. The van der Waals surface area contributed by atoms with Crippen LogP contribution >= 0.6 is 7.82 Å². The van der Waals surface area contributed by atoms with Gasteiger partial charge in [0, 0.05) is 13.0 Å². The number of hydrogen-bond donors (Lipinski definition) is 0. The molecule has 2 unspecified atom stereocenters. The highest BCUT2D eigenvalue weighted by molar-refractivity contribution is 7.45.